The minimum atomic E-state index is 0.0403. The highest BCUT2D eigenvalue weighted by Gasteiger charge is 2.37. The molecule has 3 amide bonds. The summed E-state index contributed by atoms with van der Waals surface area (Å²) in [4.78, 5) is 31.5. The molecular formula is C21H30BrN3O2. The van der Waals surface area contributed by atoms with E-state index >= 15 is 0 Å². The molecule has 1 aliphatic carbocycles. The van der Waals surface area contributed by atoms with Gasteiger partial charge in [0.05, 0.1) is 0 Å². The van der Waals surface area contributed by atoms with Crippen LogP contribution in [0.1, 0.15) is 45.1 Å². The minimum absolute atomic E-state index is 0.0403. The molecule has 0 aromatic heterocycles. The van der Waals surface area contributed by atoms with Crippen LogP contribution >= 0.6 is 15.9 Å². The molecule has 0 N–H and O–H groups in total. The molecule has 0 bridgehead atoms. The lowest BCUT2D eigenvalue weighted by atomic mass is 9.95. The molecule has 1 aromatic rings. The number of carbonyl (C=O) groups is 2. The molecular weight excluding hydrogens is 406 g/mol. The monoisotopic (exact) mass is 435 g/mol. The highest BCUT2D eigenvalue weighted by Crippen LogP contribution is 2.32. The van der Waals surface area contributed by atoms with Gasteiger partial charge in [-0.15, -0.1) is 0 Å². The largest absolute Gasteiger partial charge is 0.335 e. The number of amides is 3. The molecule has 1 heterocycles. The molecule has 27 heavy (non-hydrogen) atoms. The molecule has 0 atom stereocenters. The van der Waals surface area contributed by atoms with Crippen molar-refractivity contribution in [2.75, 3.05) is 26.2 Å². The van der Waals surface area contributed by atoms with Crippen molar-refractivity contribution in [2.24, 2.45) is 5.92 Å². The second kappa shape index (κ2) is 9.09. The van der Waals surface area contributed by atoms with Gasteiger partial charge in [-0.1, -0.05) is 28.1 Å². The summed E-state index contributed by atoms with van der Waals surface area (Å²) < 4.78 is 1.05. The van der Waals surface area contributed by atoms with Crippen LogP contribution in [-0.4, -0.2) is 58.9 Å². The molecule has 2 aliphatic rings. The van der Waals surface area contributed by atoms with E-state index in [2.05, 4.69) is 33.0 Å². The van der Waals surface area contributed by atoms with E-state index in [9.17, 15) is 9.59 Å². The molecule has 0 radical (unpaired) electrons. The first-order valence-electron chi connectivity index (χ1n) is 10.1. The molecule has 1 aliphatic heterocycles. The third-order valence-electron chi connectivity index (χ3n) is 5.66. The summed E-state index contributed by atoms with van der Waals surface area (Å²) in [6.45, 7) is 7.52. The molecule has 1 saturated carbocycles. The van der Waals surface area contributed by atoms with Crippen molar-refractivity contribution in [1.29, 1.82) is 0 Å². The van der Waals surface area contributed by atoms with E-state index in [1.807, 2.05) is 35.8 Å². The average molecular weight is 436 g/mol. The number of nitrogens with zero attached hydrogens (tertiary/aromatic N) is 3. The second-order valence-corrected chi connectivity index (χ2v) is 8.46. The van der Waals surface area contributed by atoms with Crippen LogP contribution in [0.4, 0.5) is 4.79 Å². The van der Waals surface area contributed by atoms with Crippen LogP contribution in [0.5, 0.6) is 0 Å². The first kappa shape index (κ1) is 20.2. The number of benzene rings is 1. The van der Waals surface area contributed by atoms with E-state index in [4.69, 9.17) is 0 Å². The summed E-state index contributed by atoms with van der Waals surface area (Å²) in [6.07, 6.45) is 3.76. The van der Waals surface area contributed by atoms with Gasteiger partial charge in [0.15, 0.2) is 0 Å². The number of urea groups is 1. The molecule has 0 unspecified atom stereocenters. The van der Waals surface area contributed by atoms with Crippen LogP contribution < -0.4 is 0 Å². The van der Waals surface area contributed by atoms with E-state index < -0.39 is 0 Å². The second-order valence-electron chi connectivity index (χ2n) is 7.54. The van der Waals surface area contributed by atoms with Crippen molar-refractivity contribution < 1.29 is 9.59 Å². The quantitative estimate of drug-likeness (QED) is 0.674. The van der Waals surface area contributed by atoms with Crippen LogP contribution in [0, 0.1) is 5.92 Å². The Morgan fingerprint density at radius 3 is 2.33 bits per heavy atom. The van der Waals surface area contributed by atoms with Crippen molar-refractivity contribution in [3.05, 3.63) is 34.3 Å². The highest BCUT2D eigenvalue weighted by molar-refractivity contribution is 9.10. The van der Waals surface area contributed by atoms with E-state index in [1.165, 1.54) is 5.56 Å². The SMILES string of the molecule is CCN(CC)C(=O)N1CCC(C(=O)N(Cc2cccc(Br)c2)C2CC2)CC1. The molecule has 1 aromatic carbocycles. The van der Waals surface area contributed by atoms with Gasteiger partial charge >= 0.3 is 6.03 Å². The number of hydrogen-bond acceptors (Lipinski definition) is 2. The highest BCUT2D eigenvalue weighted by atomic mass is 79.9. The summed E-state index contributed by atoms with van der Waals surface area (Å²) in [6, 6.07) is 8.71. The third-order valence-corrected chi connectivity index (χ3v) is 6.15. The first-order valence-corrected chi connectivity index (χ1v) is 10.9. The standard InChI is InChI=1S/C21H30BrN3O2/c1-3-23(4-2)21(27)24-12-10-17(11-13-24)20(26)25(19-8-9-19)15-16-6-5-7-18(22)14-16/h5-7,14,17,19H,3-4,8-13,15H2,1-2H3. The molecule has 148 valence electrons. The Bertz CT molecular complexity index is 665. The van der Waals surface area contributed by atoms with Gasteiger partial charge in [-0.2, -0.15) is 0 Å². The Morgan fingerprint density at radius 2 is 1.78 bits per heavy atom. The van der Waals surface area contributed by atoms with Crippen LogP contribution in [0.3, 0.4) is 0 Å². The Balaban J connectivity index is 1.59. The van der Waals surface area contributed by atoms with Gasteiger partial charge < -0.3 is 14.7 Å². The lowest BCUT2D eigenvalue weighted by Gasteiger charge is -2.36. The maximum atomic E-state index is 13.2. The minimum Gasteiger partial charge on any atom is -0.335 e. The van der Waals surface area contributed by atoms with Crippen LogP contribution in [-0.2, 0) is 11.3 Å². The van der Waals surface area contributed by atoms with Gasteiger partial charge in [0.1, 0.15) is 0 Å². The zero-order valence-corrected chi connectivity index (χ0v) is 18.0. The zero-order valence-electron chi connectivity index (χ0n) is 16.4. The van der Waals surface area contributed by atoms with E-state index in [1.54, 1.807) is 0 Å². The number of hydrogen-bond donors (Lipinski definition) is 0. The van der Waals surface area contributed by atoms with Crippen molar-refractivity contribution in [3.63, 3.8) is 0 Å². The van der Waals surface area contributed by atoms with Crippen LogP contribution in [0.25, 0.3) is 0 Å². The number of carbonyl (C=O) groups excluding carboxylic acids is 2. The van der Waals surface area contributed by atoms with E-state index in [-0.39, 0.29) is 17.9 Å². The van der Waals surface area contributed by atoms with E-state index in [0.29, 0.717) is 25.7 Å². The first-order chi connectivity index (χ1) is 13.0. The Morgan fingerprint density at radius 1 is 1.11 bits per heavy atom. The molecule has 3 rings (SSSR count). The van der Waals surface area contributed by atoms with Gasteiger partial charge in [-0.3, -0.25) is 4.79 Å². The summed E-state index contributed by atoms with van der Waals surface area (Å²) in [5, 5.41) is 0. The molecule has 1 saturated heterocycles. The molecule has 0 spiro atoms. The Labute approximate surface area is 170 Å². The summed E-state index contributed by atoms with van der Waals surface area (Å²) in [5.41, 5.74) is 1.17. The zero-order chi connectivity index (χ0) is 19.4. The lowest BCUT2D eigenvalue weighted by molar-refractivity contribution is -0.138. The van der Waals surface area contributed by atoms with Gasteiger partial charge in [0.2, 0.25) is 5.91 Å². The fraction of sp³-hybridized carbons (Fsp3) is 0.619. The van der Waals surface area contributed by atoms with Gasteiger partial charge in [-0.05, 0) is 57.2 Å². The Hall–Kier alpha value is -1.56. The fourth-order valence-corrected chi connectivity index (χ4v) is 4.30. The summed E-state index contributed by atoms with van der Waals surface area (Å²) in [7, 11) is 0. The normalized spacial score (nSPS) is 17.7. The molecule has 5 nitrogen and oxygen atoms in total. The maximum absolute atomic E-state index is 13.2. The number of piperidine rings is 1. The van der Waals surface area contributed by atoms with Crippen molar-refractivity contribution >= 4 is 27.9 Å². The third kappa shape index (κ3) is 5.03. The average Bonchev–Trinajstić information content (AvgIpc) is 3.52. The molecule has 2 fully saturated rings. The van der Waals surface area contributed by atoms with Gasteiger partial charge in [-0.25, -0.2) is 4.79 Å². The lowest BCUT2D eigenvalue weighted by Crippen LogP contribution is -2.49. The topological polar surface area (TPSA) is 43.9 Å². The maximum Gasteiger partial charge on any atom is 0.319 e. The summed E-state index contributed by atoms with van der Waals surface area (Å²) >= 11 is 3.52. The number of rotatable bonds is 6. The number of halogens is 1. The molecule has 6 heteroatoms. The predicted octanol–water partition coefficient (Wildman–Crippen LogP) is 4.11. The van der Waals surface area contributed by atoms with E-state index in [0.717, 1.165) is 43.2 Å². The Kier molecular flexibility index (Phi) is 6.79. The van der Waals surface area contributed by atoms with Crippen LogP contribution in [0.2, 0.25) is 0 Å². The van der Waals surface area contributed by atoms with Crippen molar-refractivity contribution in [2.45, 2.75) is 52.1 Å². The van der Waals surface area contributed by atoms with Gasteiger partial charge in [0.25, 0.3) is 0 Å². The van der Waals surface area contributed by atoms with Crippen LogP contribution in [0.15, 0.2) is 28.7 Å². The predicted molar refractivity (Wildman–Crippen MR) is 110 cm³/mol. The number of likely N-dealkylation sites (tertiary alicyclic amines) is 1. The van der Waals surface area contributed by atoms with Gasteiger partial charge in [0, 0.05) is 49.2 Å². The van der Waals surface area contributed by atoms with Crippen molar-refractivity contribution in [3.8, 4) is 0 Å². The fourth-order valence-electron chi connectivity index (χ4n) is 3.85. The summed E-state index contributed by atoms with van der Waals surface area (Å²) in [5.74, 6) is 0.311. The smallest absolute Gasteiger partial charge is 0.319 e. The van der Waals surface area contributed by atoms with Crippen molar-refractivity contribution in [1.82, 2.24) is 14.7 Å².